The van der Waals surface area contributed by atoms with Crippen LogP contribution >= 0.6 is 0 Å². The molecule has 0 bridgehead atoms. The average Bonchev–Trinajstić information content (AvgIpc) is 2.85. The second-order valence-electron chi connectivity index (χ2n) is 4.65. The largest absolute Gasteiger partial charge is 0.468 e. The summed E-state index contributed by atoms with van der Waals surface area (Å²) in [5, 5.41) is 0. The lowest BCUT2D eigenvalue weighted by molar-refractivity contribution is -0.142. The number of methoxy groups -OCH3 is 1. The van der Waals surface area contributed by atoms with Gasteiger partial charge in [0.05, 0.1) is 20.0 Å². The fraction of sp³-hybridized carbons (Fsp3) is 0.667. The van der Waals surface area contributed by atoms with Crippen molar-refractivity contribution < 1.29 is 9.53 Å². The minimum atomic E-state index is -0.163. The van der Waals surface area contributed by atoms with Crippen molar-refractivity contribution in [3.05, 3.63) is 18.7 Å². The Morgan fingerprint density at radius 3 is 3.06 bits per heavy atom. The minimum Gasteiger partial charge on any atom is -0.468 e. The highest BCUT2D eigenvalue weighted by Gasteiger charge is 2.28. The van der Waals surface area contributed by atoms with Crippen molar-refractivity contribution in [2.24, 2.45) is 5.92 Å². The third-order valence-electron chi connectivity index (χ3n) is 3.49. The Morgan fingerprint density at radius 1 is 1.59 bits per heavy atom. The number of aromatic nitrogens is 2. The van der Waals surface area contributed by atoms with Crippen molar-refractivity contribution >= 4 is 5.97 Å². The van der Waals surface area contributed by atoms with Crippen LogP contribution in [0.4, 0.5) is 0 Å². The molecule has 94 valence electrons. The van der Waals surface area contributed by atoms with E-state index in [0.29, 0.717) is 18.5 Å². The zero-order valence-corrected chi connectivity index (χ0v) is 10.4. The molecule has 0 N–H and O–H groups in total. The Kier molecular flexibility index (Phi) is 3.78. The molecule has 0 saturated carbocycles. The number of nitrogens with zero attached hydrogens (tertiary/aromatic N) is 3. The van der Waals surface area contributed by atoms with Crippen LogP contribution < -0.4 is 0 Å². The van der Waals surface area contributed by atoms with Crippen LogP contribution in [-0.4, -0.2) is 47.2 Å². The SMILES string of the molecule is COC(=O)CN1CCC(C)C(n2ccnc2)C1. The number of carbonyl (C=O) groups excluding carboxylic acids is 1. The molecule has 1 aliphatic rings. The van der Waals surface area contributed by atoms with Crippen LogP contribution in [0.2, 0.25) is 0 Å². The Hall–Kier alpha value is -1.36. The zero-order chi connectivity index (χ0) is 12.3. The van der Waals surface area contributed by atoms with Gasteiger partial charge < -0.3 is 9.30 Å². The first-order chi connectivity index (χ1) is 8.20. The van der Waals surface area contributed by atoms with Crippen LogP contribution in [0.1, 0.15) is 19.4 Å². The van der Waals surface area contributed by atoms with E-state index in [1.54, 1.807) is 6.20 Å². The Morgan fingerprint density at radius 2 is 2.41 bits per heavy atom. The van der Waals surface area contributed by atoms with Crippen LogP contribution in [0.25, 0.3) is 0 Å². The number of esters is 1. The Labute approximate surface area is 101 Å². The van der Waals surface area contributed by atoms with Gasteiger partial charge in [0.15, 0.2) is 0 Å². The van der Waals surface area contributed by atoms with Crippen molar-refractivity contribution in [1.82, 2.24) is 14.5 Å². The maximum atomic E-state index is 11.3. The molecule has 0 aliphatic carbocycles. The molecule has 17 heavy (non-hydrogen) atoms. The van der Waals surface area contributed by atoms with Crippen molar-refractivity contribution in [2.75, 3.05) is 26.7 Å². The molecule has 0 spiro atoms. The Balaban J connectivity index is 1.99. The van der Waals surface area contributed by atoms with Crippen LogP contribution in [0.3, 0.4) is 0 Å². The molecule has 2 unspecified atom stereocenters. The molecular weight excluding hydrogens is 218 g/mol. The second kappa shape index (κ2) is 5.31. The molecule has 1 aliphatic heterocycles. The smallest absolute Gasteiger partial charge is 0.319 e. The van der Waals surface area contributed by atoms with Crippen LogP contribution in [0.15, 0.2) is 18.7 Å². The van der Waals surface area contributed by atoms with E-state index in [0.717, 1.165) is 19.5 Å². The number of carbonyl (C=O) groups is 1. The van der Waals surface area contributed by atoms with Gasteiger partial charge in [-0.3, -0.25) is 9.69 Å². The molecule has 5 nitrogen and oxygen atoms in total. The molecule has 0 aromatic carbocycles. The van der Waals surface area contributed by atoms with Crippen molar-refractivity contribution in [1.29, 1.82) is 0 Å². The van der Waals surface area contributed by atoms with E-state index in [4.69, 9.17) is 4.74 Å². The summed E-state index contributed by atoms with van der Waals surface area (Å²) in [5.74, 6) is 0.446. The predicted octanol–water partition coefficient (Wildman–Crippen LogP) is 0.939. The van der Waals surface area contributed by atoms with E-state index in [9.17, 15) is 4.79 Å². The lowest BCUT2D eigenvalue weighted by Crippen LogP contribution is -2.43. The summed E-state index contributed by atoms with van der Waals surface area (Å²) < 4.78 is 6.84. The quantitative estimate of drug-likeness (QED) is 0.734. The van der Waals surface area contributed by atoms with Gasteiger partial charge in [0.1, 0.15) is 0 Å². The van der Waals surface area contributed by atoms with Crippen LogP contribution in [-0.2, 0) is 9.53 Å². The third-order valence-corrected chi connectivity index (χ3v) is 3.49. The number of hydrogen-bond acceptors (Lipinski definition) is 4. The second-order valence-corrected chi connectivity index (χ2v) is 4.65. The van der Waals surface area contributed by atoms with Gasteiger partial charge in [-0.15, -0.1) is 0 Å². The van der Waals surface area contributed by atoms with E-state index in [-0.39, 0.29) is 5.97 Å². The maximum Gasteiger partial charge on any atom is 0.319 e. The first kappa shape index (κ1) is 12.1. The third kappa shape index (κ3) is 2.85. The van der Waals surface area contributed by atoms with Crippen molar-refractivity contribution in [3.63, 3.8) is 0 Å². The van der Waals surface area contributed by atoms with Gasteiger partial charge in [-0.1, -0.05) is 6.92 Å². The van der Waals surface area contributed by atoms with Gasteiger partial charge in [0, 0.05) is 25.0 Å². The predicted molar refractivity (Wildman–Crippen MR) is 63.5 cm³/mol. The van der Waals surface area contributed by atoms with Gasteiger partial charge in [-0.2, -0.15) is 0 Å². The summed E-state index contributed by atoms with van der Waals surface area (Å²) in [6.07, 6.45) is 6.73. The summed E-state index contributed by atoms with van der Waals surface area (Å²) in [7, 11) is 1.43. The number of hydrogen-bond donors (Lipinski definition) is 0. The number of imidazole rings is 1. The zero-order valence-electron chi connectivity index (χ0n) is 10.4. The molecule has 1 aromatic rings. The highest BCUT2D eigenvalue weighted by molar-refractivity contribution is 5.71. The molecule has 5 heteroatoms. The molecule has 2 atom stereocenters. The molecule has 1 fully saturated rings. The minimum absolute atomic E-state index is 0.163. The highest BCUT2D eigenvalue weighted by Crippen LogP contribution is 2.27. The van der Waals surface area contributed by atoms with Gasteiger partial charge in [0.2, 0.25) is 0 Å². The maximum absolute atomic E-state index is 11.3. The first-order valence-corrected chi connectivity index (χ1v) is 5.97. The van der Waals surface area contributed by atoms with Gasteiger partial charge in [-0.05, 0) is 18.9 Å². The van der Waals surface area contributed by atoms with E-state index in [2.05, 4.69) is 21.4 Å². The van der Waals surface area contributed by atoms with E-state index < -0.39 is 0 Å². The standard InChI is InChI=1S/C12H19N3O2/c1-10-3-5-14(8-12(16)17-2)7-11(10)15-6-4-13-9-15/h4,6,9-11H,3,5,7-8H2,1-2H3. The molecule has 2 heterocycles. The Bertz CT molecular complexity index is 364. The average molecular weight is 237 g/mol. The normalized spacial score (nSPS) is 25.8. The molecular formula is C12H19N3O2. The summed E-state index contributed by atoms with van der Waals surface area (Å²) in [4.78, 5) is 17.5. The lowest BCUT2D eigenvalue weighted by atomic mass is 9.93. The summed E-state index contributed by atoms with van der Waals surface area (Å²) in [6.45, 7) is 4.47. The van der Waals surface area contributed by atoms with Gasteiger partial charge in [-0.25, -0.2) is 4.98 Å². The summed E-state index contributed by atoms with van der Waals surface area (Å²) >= 11 is 0. The summed E-state index contributed by atoms with van der Waals surface area (Å²) in [6, 6.07) is 0.399. The van der Waals surface area contributed by atoms with Crippen LogP contribution in [0.5, 0.6) is 0 Å². The fourth-order valence-corrected chi connectivity index (χ4v) is 2.36. The van der Waals surface area contributed by atoms with E-state index in [1.807, 2.05) is 12.5 Å². The van der Waals surface area contributed by atoms with Gasteiger partial charge in [0.25, 0.3) is 0 Å². The van der Waals surface area contributed by atoms with E-state index >= 15 is 0 Å². The number of likely N-dealkylation sites (tertiary alicyclic amines) is 1. The van der Waals surface area contributed by atoms with Gasteiger partial charge >= 0.3 is 5.97 Å². The monoisotopic (exact) mass is 237 g/mol. The molecule has 1 aromatic heterocycles. The molecule has 0 radical (unpaired) electrons. The van der Waals surface area contributed by atoms with Crippen molar-refractivity contribution in [2.45, 2.75) is 19.4 Å². The summed E-state index contributed by atoms with van der Waals surface area (Å²) in [5.41, 5.74) is 0. The fourth-order valence-electron chi connectivity index (χ4n) is 2.36. The van der Waals surface area contributed by atoms with E-state index in [1.165, 1.54) is 7.11 Å². The topological polar surface area (TPSA) is 47.4 Å². The molecule has 1 saturated heterocycles. The molecule has 2 rings (SSSR count). The number of ether oxygens (including phenoxy) is 1. The number of rotatable bonds is 3. The van der Waals surface area contributed by atoms with Crippen LogP contribution in [0, 0.1) is 5.92 Å². The molecule has 0 amide bonds. The first-order valence-electron chi connectivity index (χ1n) is 5.97. The highest BCUT2D eigenvalue weighted by atomic mass is 16.5. The van der Waals surface area contributed by atoms with Crippen molar-refractivity contribution in [3.8, 4) is 0 Å². The lowest BCUT2D eigenvalue weighted by Gasteiger charge is -2.37. The number of piperidine rings is 1.